The molecule has 0 bridgehead atoms. The van der Waals surface area contributed by atoms with Crippen molar-refractivity contribution in [2.75, 3.05) is 6.54 Å². The fraction of sp³-hybridized carbons (Fsp3) is 0.533. The van der Waals surface area contributed by atoms with E-state index in [-0.39, 0.29) is 12.5 Å². The van der Waals surface area contributed by atoms with E-state index in [1.807, 2.05) is 0 Å². The number of carboxylic acid groups (broad SMARTS) is 1. The van der Waals surface area contributed by atoms with E-state index >= 15 is 0 Å². The predicted molar refractivity (Wildman–Crippen MR) is 82.0 cm³/mol. The average Bonchev–Trinajstić information content (AvgIpc) is 2.72. The van der Waals surface area contributed by atoms with E-state index < -0.39 is 11.4 Å². The number of nitrogens with zero attached hydrogens (tertiary/aromatic N) is 1. The standard InChI is InChI=1S/C15H19BrN2O3/c16-12-6-5-11(9-17-12)13(19)18-10-15(14(20)21)7-3-1-2-4-8-15/h5-6,9H,1-4,7-8,10H2,(H,18,19)(H,20,21). The van der Waals surface area contributed by atoms with Crippen molar-refractivity contribution in [1.82, 2.24) is 10.3 Å². The highest BCUT2D eigenvalue weighted by atomic mass is 79.9. The number of amides is 1. The molecule has 0 saturated heterocycles. The number of carbonyl (C=O) groups excluding carboxylic acids is 1. The molecule has 1 aliphatic rings. The van der Waals surface area contributed by atoms with E-state index in [1.165, 1.54) is 6.20 Å². The number of carbonyl (C=O) groups is 2. The van der Waals surface area contributed by atoms with Gasteiger partial charge in [0.25, 0.3) is 5.91 Å². The molecule has 21 heavy (non-hydrogen) atoms. The molecule has 0 radical (unpaired) electrons. The fourth-order valence-electron chi connectivity index (χ4n) is 2.73. The maximum Gasteiger partial charge on any atom is 0.311 e. The summed E-state index contributed by atoms with van der Waals surface area (Å²) < 4.78 is 0.657. The lowest BCUT2D eigenvalue weighted by Gasteiger charge is -2.28. The Kier molecular flexibility index (Phi) is 5.33. The van der Waals surface area contributed by atoms with Gasteiger partial charge in [0.15, 0.2) is 0 Å². The van der Waals surface area contributed by atoms with Gasteiger partial charge in [-0.25, -0.2) is 4.98 Å². The average molecular weight is 355 g/mol. The lowest BCUT2D eigenvalue weighted by molar-refractivity contribution is -0.149. The maximum absolute atomic E-state index is 12.1. The lowest BCUT2D eigenvalue weighted by atomic mass is 9.80. The van der Waals surface area contributed by atoms with Gasteiger partial charge in [-0.15, -0.1) is 0 Å². The van der Waals surface area contributed by atoms with Crippen molar-refractivity contribution in [2.24, 2.45) is 5.41 Å². The first kappa shape index (κ1) is 15.9. The largest absolute Gasteiger partial charge is 0.481 e. The summed E-state index contributed by atoms with van der Waals surface area (Å²) in [5, 5.41) is 12.3. The van der Waals surface area contributed by atoms with E-state index in [0.717, 1.165) is 25.7 Å². The minimum Gasteiger partial charge on any atom is -0.481 e. The van der Waals surface area contributed by atoms with Gasteiger partial charge in [0.1, 0.15) is 4.60 Å². The SMILES string of the molecule is O=C(NCC1(C(=O)O)CCCCCC1)c1ccc(Br)nc1. The third-order valence-electron chi connectivity index (χ3n) is 4.09. The van der Waals surface area contributed by atoms with Gasteiger partial charge in [-0.3, -0.25) is 9.59 Å². The molecule has 114 valence electrons. The first-order valence-electron chi connectivity index (χ1n) is 7.17. The Bertz CT molecular complexity index is 508. The van der Waals surface area contributed by atoms with Crippen LogP contribution in [0.5, 0.6) is 0 Å². The first-order chi connectivity index (χ1) is 10.0. The quantitative estimate of drug-likeness (QED) is 0.643. The highest BCUT2D eigenvalue weighted by molar-refractivity contribution is 9.10. The van der Waals surface area contributed by atoms with Crippen LogP contribution in [0.4, 0.5) is 0 Å². The zero-order chi connectivity index (χ0) is 15.3. The van der Waals surface area contributed by atoms with Gasteiger partial charge in [0.2, 0.25) is 0 Å². The lowest BCUT2D eigenvalue weighted by Crippen LogP contribution is -2.42. The molecule has 0 atom stereocenters. The zero-order valence-electron chi connectivity index (χ0n) is 11.8. The van der Waals surface area contributed by atoms with Gasteiger partial charge >= 0.3 is 5.97 Å². The van der Waals surface area contributed by atoms with Gasteiger partial charge in [-0.2, -0.15) is 0 Å². The minimum atomic E-state index is -0.824. The summed E-state index contributed by atoms with van der Waals surface area (Å²) in [7, 11) is 0. The number of carboxylic acids is 1. The molecule has 0 spiro atoms. The Hall–Kier alpha value is -1.43. The van der Waals surface area contributed by atoms with Crippen molar-refractivity contribution in [1.29, 1.82) is 0 Å². The second-order valence-electron chi connectivity index (χ2n) is 5.55. The molecule has 1 heterocycles. The summed E-state index contributed by atoms with van der Waals surface area (Å²) in [6, 6.07) is 3.35. The van der Waals surface area contributed by atoms with Crippen molar-refractivity contribution in [3.63, 3.8) is 0 Å². The summed E-state index contributed by atoms with van der Waals surface area (Å²) in [5.74, 6) is -1.08. The molecule has 1 aliphatic carbocycles. The van der Waals surface area contributed by atoms with E-state index in [4.69, 9.17) is 0 Å². The number of nitrogens with one attached hydrogen (secondary N) is 1. The molecular formula is C15H19BrN2O3. The fourth-order valence-corrected chi connectivity index (χ4v) is 2.97. The third-order valence-corrected chi connectivity index (χ3v) is 4.56. The van der Waals surface area contributed by atoms with Gasteiger partial charge in [0, 0.05) is 12.7 Å². The van der Waals surface area contributed by atoms with Crippen LogP contribution in [-0.4, -0.2) is 28.5 Å². The summed E-state index contributed by atoms with van der Waals surface area (Å²) in [5.41, 5.74) is -0.387. The Morgan fingerprint density at radius 2 is 1.90 bits per heavy atom. The van der Waals surface area contributed by atoms with Crippen LogP contribution in [0.3, 0.4) is 0 Å². The van der Waals surface area contributed by atoms with Gasteiger partial charge in [0.05, 0.1) is 11.0 Å². The summed E-state index contributed by atoms with van der Waals surface area (Å²) >= 11 is 3.21. The molecule has 1 amide bonds. The summed E-state index contributed by atoms with van der Waals surface area (Å²) in [6.07, 6.45) is 6.67. The van der Waals surface area contributed by atoms with Crippen molar-refractivity contribution in [3.8, 4) is 0 Å². The Labute approximate surface area is 132 Å². The molecule has 1 saturated carbocycles. The second-order valence-corrected chi connectivity index (χ2v) is 6.36. The normalized spacial score (nSPS) is 17.8. The molecule has 6 heteroatoms. The van der Waals surface area contributed by atoms with Crippen LogP contribution < -0.4 is 5.32 Å². The monoisotopic (exact) mass is 354 g/mol. The first-order valence-corrected chi connectivity index (χ1v) is 7.96. The number of pyridine rings is 1. The third kappa shape index (κ3) is 4.03. The Morgan fingerprint density at radius 3 is 2.43 bits per heavy atom. The molecular weight excluding hydrogens is 336 g/mol. The molecule has 1 aromatic heterocycles. The minimum absolute atomic E-state index is 0.178. The number of rotatable bonds is 4. The highest BCUT2D eigenvalue weighted by Gasteiger charge is 2.38. The van der Waals surface area contributed by atoms with Gasteiger partial charge in [-0.05, 0) is 40.9 Å². The topological polar surface area (TPSA) is 79.3 Å². The van der Waals surface area contributed by atoms with Crippen molar-refractivity contribution in [2.45, 2.75) is 38.5 Å². The molecule has 0 aliphatic heterocycles. The molecule has 1 fully saturated rings. The second kappa shape index (κ2) is 7.02. The van der Waals surface area contributed by atoms with E-state index in [0.29, 0.717) is 23.0 Å². The van der Waals surface area contributed by atoms with E-state index in [9.17, 15) is 14.7 Å². The van der Waals surface area contributed by atoms with E-state index in [2.05, 4.69) is 26.2 Å². The maximum atomic E-state index is 12.1. The molecule has 1 aromatic rings. The van der Waals surface area contributed by atoms with Gasteiger partial charge in [-0.1, -0.05) is 25.7 Å². The summed E-state index contributed by atoms with van der Waals surface area (Å²) in [6.45, 7) is 0.178. The van der Waals surface area contributed by atoms with Crippen LogP contribution in [0.15, 0.2) is 22.9 Å². The van der Waals surface area contributed by atoms with Crippen molar-refractivity contribution in [3.05, 3.63) is 28.5 Å². The Balaban J connectivity index is 2.02. The Morgan fingerprint density at radius 1 is 1.24 bits per heavy atom. The van der Waals surface area contributed by atoms with Crippen LogP contribution in [-0.2, 0) is 4.79 Å². The highest BCUT2D eigenvalue weighted by Crippen LogP contribution is 2.34. The molecule has 2 rings (SSSR count). The van der Waals surface area contributed by atoms with Crippen LogP contribution in [0.1, 0.15) is 48.9 Å². The number of aliphatic carboxylic acids is 1. The van der Waals surface area contributed by atoms with Gasteiger partial charge < -0.3 is 10.4 Å². The predicted octanol–water partition coefficient (Wildman–Crippen LogP) is 3.00. The van der Waals surface area contributed by atoms with Crippen LogP contribution in [0.2, 0.25) is 0 Å². The number of aromatic nitrogens is 1. The van der Waals surface area contributed by atoms with E-state index in [1.54, 1.807) is 12.1 Å². The van der Waals surface area contributed by atoms with Crippen LogP contribution in [0.25, 0.3) is 0 Å². The smallest absolute Gasteiger partial charge is 0.311 e. The molecule has 0 aromatic carbocycles. The molecule has 2 N–H and O–H groups in total. The number of hydrogen-bond donors (Lipinski definition) is 2. The zero-order valence-corrected chi connectivity index (χ0v) is 13.4. The number of hydrogen-bond acceptors (Lipinski definition) is 3. The van der Waals surface area contributed by atoms with Crippen LogP contribution in [0, 0.1) is 5.41 Å². The molecule has 0 unspecified atom stereocenters. The molecule has 5 nitrogen and oxygen atoms in total. The summed E-state index contributed by atoms with van der Waals surface area (Å²) in [4.78, 5) is 27.7. The number of halogens is 1. The van der Waals surface area contributed by atoms with Crippen molar-refractivity contribution >= 4 is 27.8 Å². The van der Waals surface area contributed by atoms with Crippen LogP contribution >= 0.6 is 15.9 Å². The van der Waals surface area contributed by atoms with Crippen molar-refractivity contribution < 1.29 is 14.7 Å².